The van der Waals surface area contributed by atoms with Gasteiger partial charge in [0.05, 0.1) is 0 Å². The number of halogens is 3. The molecule has 0 aliphatic carbocycles. The summed E-state index contributed by atoms with van der Waals surface area (Å²) in [4.78, 5) is 0. The third-order valence-electron chi connectivity index (χ3n) is 2.55. The summed E-state index contributed by atoms with van der Waals surface area (Å²) in [6.07, 6.45) is 0. The molecule has 0 spiro atoms. The van der Waals surface area contributed by atoms with Gasteiger partial charge in [0.25, 0.3) is 0 Å². The van der Waals surface area contributed by atoms with Crippen molar-refractivity contribution < 1.29 is 31.5 Å². The van der Waals surface area contributed by atoms with Crippen LogP contribution in [0.2, 0.25) is 0 Å². The van der Waals surface area contributed by atoms with E-state index >= 15 is 0 Å². The van der Waals surface area contributed by atoms with E-state index in [2.05, 4.69) is 51.1 Å². The molecule has 2 aromatic rings. The predicted molar refractivity (Wildman–Crippen MR) is 61.7 cm³/mol. The van der Waals surface area contributed by atoms with Crippen molar-refractivity contribution in [1.82, 2.24) is 0 Å². The SMILES string of the molecule is Cc1cc2c(C(C)C)cccc2[cH-]1.[F][Zr]([F])[F]. The Bertz CT molecular complexity index is 472. The predicted octanol–water partition coefficient (Wildman–Crippen LogP) is 5.25. The van der Waals surface area contributed by atoms with Crippen LogP contribution in [0.15, 0.2) is 30.3 Å². The number of aryl methyl sites for hydroxylation is 1. The molecule has 0 atom stereocenters. The minimum absolute atomic E-state index is 0.616. The third-order valence-corrected chi connectivity index (χ3v) is 2.55. The van der Waals surface area contributed by atoms with Crippen LogP contribution in [0.4, 0.5) is 7.88 Å². The molecule has 0 unspecified atom stereocenters. The molecule has 17 heavy (non-hydrogen) atoms. The first kappa shape index (κ1) is 14.6. The van der Waals surface area contributed by atoms with Gasteiger partial charge in [0, 0.05) is 0 Å². The van der Waals surface area contributed by atoms with Gasteiger partial charge in [-0.05, 0) is 5.92 Å². The number of hydrogen-bond donors (Lipinski definition) is 0. The summed E-state index contributed by atoms with van der Waals surface area (Å²) in [6.45, 7) is 6.65. The number of fused-ring (bicyclic) bond motifs is 1. The van der Waals surface area contributed by atoms with Crippen molar-refractivity contribution in [3.05, 3.63) is 41.5 Å². The Morgan fingerprint density at radius 3 is 2.29 bits per heavy atom. The zero-order valence-corrected chi connectivity index (χ0v) is 12.6. The normalized spacial score (nSPS) is 10.3. The summed E-state index contributed by atoms with van der Waals surface area (Å²) in [6, 6.07) is 11.1. The van der Waals surface area contributed by atoms with Gasteiger partial charge in [-0.3, -0.25) is 0 Å². The summed E-state index contributed by atoms with van der Waals surface area (Å²) in [5, 5.41) is 2.80. The van der Waals surface area contributed by atoms with E-state index in [9.17, 15) is 7.88 Å². The van der Waals surface area contributed by atoms with E-state index in [-0.39, 0.29) is 0 Å². The van der Waals surface area contributed by atoms with Crippen LogP contribution in [-0.4, -0.2) is 0 Å². The number of rotatable bonds is 1. The van der Waals surface area contributed by atoms with Crippen LogP contribution in [0.5, 0.6) is 0 Å². The van der Waals surface area contributed by atoms with Crippen LogP contribution in [0, 0.1) is 6.92 Å². The summed E-state index contributed by atoms with van der Waals surface area (Å²) in [5.41, 5.74) is 2.83. The van der Waals surface area contributed by atoms with E-state index in [4.69, 9.17) is 0 Å². The van der Waals surface area contributed by atoms with E-state index in [0.717, 1.165) is 0 Å². The molecule has 0 saturated carbocycles. The Labute approximate surface area is 110 Å². The summed E-state index contributed by atoms with van der Waals surface area (Å²) >= 11 is -5.04. The molecular weight excluding hydrogens is 304 g/mol. The first-order chi connectivity index (χ1) is 7.91. The molecule has 4 heteroatoms. The number of hydrogen-bond acceptors (Lipinski definition) is 0. The van der Waals surface area contributed by atoms with Crippen molar-refractivity contribution in [2.24, 2.45) is 0 Å². The van der Waals surface area contributed by atoms with Crippen LogP contribution in [0.1, 0.15) is 30.9 Å². The minimum atomic E-state index is -5.04. The molecule has 2 rings (SSSR count). The van der Waals surface area contributed by atoms with E-state index in [1.54, 1.807) is 0 Å². The molecule has 0 aliphatic rings. The fraction of sp³-hybridized carbons (Fsp3) is 0.308. The molecule has 0 aromatic heterocycles. The topological polar surface area (TPSA) is 0 Å². The second kappa shape index (κ2) is 6.44. The Morgan fingerprint density at radius 2 is 1.76 bits per heavy atom. The summed E-state index contributed by atoms with van der Waals surface area (Å²) in [7, 11) is 0. The van der Waals surface area contributed by atoms with Crippen molar-refractivity contribution in [2.45, 2.75) is 26.7 Å². The van der Waals surface area contributed by atoms with Crippen LogP contribution < -0.4 is 0 Å². The second-order valence-corrected chi connectivity index (χ2v) is 5.31. The van der Waals surface area contributed by atoms with Crippen molar-refractivity contribution in [2.75, 3.05) is 0 Å². The molecule has 0 nitrogen and oxygen atoms in total. The van der Waals surface area contributed by atoms with Gasteiger partial charge in [-0.25, -0.2) is 0 Å². The average Bonchev–Trinajstić information content (AvgIpc) is 2.55. The molecule has 0 radical (unpaired) electrons. The van der Waals surface area contributed by atoms with Crippen molar-refractivity contribution in [3.63, 3.8) is 0 Å². The Balaban J connectivity index is 0.000000317. The summed E-state index contributed by atoms with van der Waals surface area (Å²) in [5.74, 6) is 0.616. The Kier molecular flexibility index (Phi) is 5.52. The Morgan fingerprint density at radius 1 is 1.18 bits per heavy atom. The van der Waals surface area contributed by atoms with E-state index in [1.165, 1.54) is 21.9 Å². The van der Waals surface area contributed by atoms with Gasteiger partial charge in [0.1, 0.15) is 0 Å². The quantitative estimate of drug-likeness (QED) is 0.630. The molecule has 0 heterocycles. The van der Waals surface area contributed by atoms with Crippen LogP contribution in [0.25, 0.3) is 10.8 Å². The zero-order chi connectivity index (χ0) is 13.0. The molecule has 0 amide bonds. The van der Waals surface area contributed by atoms with Gasteiger partial charge in [-0.15, -0.1) is 34.5 Å². The summed E-state index contributed by atoms with van der Waals surface area (Å²) < 4.78 is 29.6. The third kappa shape index (κ3) is 4.35. The fourth-order valence-corrected chi connectivity index (χ4v) is 1.91. The van der Waals surface area contributed by atoms with Gasteiger partial charge in [-0.2, -0.15) is 6.07 Å². The monoisotopic (exact) mass is 318 g/mol. The maximum atomic E-state index is 9.86. The van der Waals surface area contributed by atoms with Crippen LogP contribution >= 0.6 is 0 Å². The van der Waals surface area contributed by atoms with Gasteiger partial charge >= 0.3 is 31.5 Å². The second-order valence-electron chi connectivity index (χ2n) is 4.25. The first-order valence-electron chi connectivity index (χ1n) is 5.41. The van der Waals surface area contributed by atoms with E-state index < -0.39 is 23.6 Å². The van der Waals surface area contributed by atoms with Gasteiger partial charge in [-0.1, -0.05) is 32.4 Å². The van der Waals surface area contributed by atoms with E-state index in [1.807, 2.05) is 0 Å². The zero-order valence-electron chi connectivity index (χ0n) is 10.1. The molecule has 0 bridgehead atoms. The first-order valence-corrected chi connectivity index (χ1v) is 8.20. The molecule has 0 fully saturated rings. The van der Waals surface area contributed by atoms with Crippen LogP contribution in [-0.2, 0) is 23.6 Å². The molecule has 0 aliphatic heterocycles. The van der Waals surface area contributed by atoms with Crippen molar-refractivity contribution in [3.8, 4) is 0 Å². The standard InChI is InChI=1S/C13H15.3FH.Zr/c1-9(2)12-6-4-5-11-7-10(3)8-13(11)12;;;;/h4-9H,1-3H3;3*1H;/q-1;;;;+3/p-3. The molecular formula is C13H15F3Zr-. The van der Waals surface area contributed by atoms with Crippen molar-refractivity contribution >= 4 is 10.8 Å². The van der Waals surface area contributed by atoms with E-state index in [0.29, 0.717) is 5.92 Å². The van der Waals surface area contributed by atoms with Gasteiger partial charge in [0.15, 0.2) is 0 Å². The van der Waals surface area contributed by atoms with Gasteiger partial charge in [0.2, 0.25) is 0 Å². The van der Waals surface area contributed by atoms with Crippen molar-refractivity contribution in [1.29, 1.82) is 0 Å². The van der Waals surface area contributed by atoms with Gasteiger partial charge < -0.3 is 0 Å². The average molecular weight is 319 g/mol. The Hall–Kier alpha value is -0.497. The fourth-order valence-electron chi connectivity index (χ4n) is 1.91. The molecule has 0 saturated heterocycles. The molecule has 2 aromatic carbocycles. The molecule has 93 valence electrons. The number of benzene rings is 1. The maximum absolute atomic E-state index is 9.86. The molecule has 0 N–H and O–H groups in total. The van der Waals surface area contributed by atoms with Crippen LogP contribution in [0.3, 0.4) is 0 Å².